The average Bonchev–Trinajstić information content (AvgIpc) is 2.74. The lowest BCUT2D eigenvalue weighted by molar-refractivity contribution is -0.117. The molecule has 154 valence electrons. The standard InChI is InChI=1S/C24H26N4O2/c1-15(2)30-19-9-10-21(25)20(14-19)23(26)18-11-12-27-22(13-18)28-24(29)16(3)17-7-5-4-6-8-17/h4-16,26H,25H2,1-3H3,(H,27,28,29). The Hall–Kier alpha value is -3.67. The molecule has 0 radical (unpaired) electrons. The number of hydrogen-bond acceptors (Lipinski definition) is 5. The van der Waals surface area contributed by atoms with Gasteiger partial charge in [0.2, 0.25) is 5.91 Å². The van der Waals surface area contributed by atoms with Crippen molar-refractivity contribution in [3.05, 3.63) is 83.6 Å². The van der Waals surface area contributed by atoms with E-state index in [1.165, 1.54) is 0 Å². The third-order valence-corrected chi connectivity index (χ3v) is 4.66. The molecule has 6 nitrogen and oxygen atoms in total. The Kier molecular flexibility index (Phi) is 6.47. The summed E-state index contributed by atoms with van der Waals surface area (Å²) < 4.78 is 5.72. The van der Waals surface area contributed by atoms with Crippen LogP contribution >= 0.6 is 0 Å². The molecule has 0 spiro atoms. The predicted molar refractivity (Wildman–Crippen MR) is 120 cm³/mol. The van der Waals surface area contributed by atoms with Gasteiger partial charge in [-0.2, -0.15) is 0 Å². The molecule has 30 heavy (non-hydrogen) atoms. The monoisotopic (exact) mass is 402 g/mol. The van der Waals surface area contributed by atoms with Crippen molar-refractivity contribution in [3.63, 3.8) is 0 Å². The highest BCUT2D eigenvalue weighted by atomic mass is 16.5. The minimum Gasteiger partial charge on any atom is -0.491 e. The Morgan fingerprint density at radius 1 is 1.07 bits per heavy atom. The summed E-state index contributed by atoms with van der Waals surface area (Å²) in [5, 5.41) is 11.4. The SMILES string of the molecule is CC(C)Oc1ccc(N)c(C(=N)c2ccnc(NC(=O)C(C)c3ccccc3)c2)c1. The highest BCUT2D eigenvalue weighted by Crippen LogP contribution is 2.24. The van der Waals surface area contributed by atoms with Crippen LogP contribution in [0.4, 0.5) is 11.5 Å². The van der Waals surface area contributed by atoms with E-state index in [4.69, 9.17) is 15.9 Å². The summed E-state index contributed by atoms with van der Waals surface area (Å²) >= 11 is 0. The van der Waals surface area contributed by atoms with Gasteiger partial charge >= 0.3 is 0 Å². The molecule has 0 bridgehead atoms. The number of carbonyl (C=O) groups is 1. The molecule has 0 saturated heterocycles. The fraction of sp³-hybridized carbons (Fsp3) is 0.208. The maximum absolute atomic E-state index is 12.6. The smallest absolute Gasteiger partial charge is 0.232 e. The second kappa shape index (κ2) is 9.22. The lowest BCUT2D eigenvalue weighted by Crippen LogP contribution is -2.19. The molecule has 0 fully saturated rings. The topological polar surface area (TPSA) is 101 Å². The molecule has 1 heterocycles. The van der Waals surface area contributed by atoms with E-state index in [1.807, 2.05) is 51.1 Å². The van der Waals surface area contributed by atoms with Crippen LogP contribution in [0, 0.1) is 5.41 Å². The van der Waals surface area contributed by atoms with Crippen LogP contribution in [0.15, 0.2) is 66.9 Å². The van der Waals surface area contributed by atoms with Gasteiger partial charge < -0.3 is 15.8 Å². The van der Waals surface area contributed by atoms with E-state index in [1.54, 1.807) is 36.5 Å². The fourth-order valence-electron chi connectivity index (χ4n) is 3.03. The Bertz CT molecular complexity index is 1050. The van der Waals surface area contributed by atoms with Crippen LogP contribution in [-0.2, 0) is 4.79 Å². The maximum Gasteiger partial charge on any atom is 0.232 e. The summed E-state index contributed by atoms with van der Waals surface area (Å²) in [6.45, 7) is 5.72. The molecule has 1 atom stereocenters. The lowest BCUT2D eigenvalue weighted by Gasteiger charge is -2.15. The largest absolute Gasteiger partial charge is 0.491 e. The van der Waals surface area contributed by atoms with E-state index in [-0.39, 0.29) is 23.6 Å². The van der Waals surface area contributed by atoms with Crippen molar-refractivity contribution in [2.75, 3.05) is 11.1 Å². The van der Waals surface area contributed by atoms with Crippen LogP contribution in [0.5, 0.6) is 5.75 Å². The summed E-state index contributed by atoms with van der Waals surface area (Å²) in [7, 11) is 0. The number of benzene rings is 2. The van der Waals surface area contributed by atoms with E-state index in [9.17, 15) is 4.79 Å². The van der Waals surface area contributed by atoms with E-state index >= 15 is 0 Å². The van der Waals surface area contributed by atoms with E-state index in [0.717, 1.165) is 5.56 Å². The van der Waals surface area contributed by atoms with Crippen molar-refractivity contribution in [1.29, 1.82) is 5.41 Å². The van der Waals surface area contributed by atoms with Crippen molar-refractivity contribution in [2.24, 2.45) is 0 Å². The van der Waals surface area contributed by atoms with Crippen LogP contribution in [0.25, 0.3) is 0 Å². The normalized spacial score (nSPS) is 11.7. The molecule has 0 aliphatic heterocycles. The minimum atomic E-state index is -0.323. The van der Waals surface area contributed by atoms with Crippen molar-refractivity contribution in [2.45, 2.75) is 32.8 Å². The molecule has 0 aliphatic carbocycles. The Morgan fingerprint density at radius 2 is 1.80 bits per heavy atom. The Labute approximate surface area is 176 Å². The number of nitrogens with zero attached hydrogens (tertiary/aromatic N) is 1. The fourth-order valence-corrected chi connectivity index (χ4v) is 3.03. The van der Waals surface area contributed by atoms with Gasteiger partial charge in [-0.05, 0) is 56.7 Å². The van der Waals surface area contributed by atoms with Gasteiger partial charge in [-0.25, -0.2) is 4.98 Å². The van der Waals surface area contributed by atoms with Crippen molar-refractivity contribution in [1.82, 2.24) is 4.98 Å². The first-order chi connectivity index (χ1) is 14.3. The van der Waals surface area contributed by atoms with Crippen LogP contribution in [0.3, 0.4) is 0 Å². The van der Waals surface area contributed by atoms with Crippen LogP contribution in [0.1, 0.15) is 43.4 Å². The zero-order chi connectivity index (χ0) is 21.7. The number of anilines is 2. The number of nitrogens with one attached hydrogen (secondary N) is 2. The van der Waals surface area contributed by atoms with Crippen LogP contribution < -0.4 is 15.8 Å². The molecule has 2 aromatic carbocycles. The molecule has 6 heteroatoms. The minimum absolute atomic E-state index is 0.0185. The molecule has 1 amide bonds. The number of carbonyl (C=O) groups excluding carboxylic acids is 1. The summed E-state index contributed by atoms with van der Waals surface area (Å²) in [5.41, 5.74) is 8.90. The van der Waals surface area contributed by atoms with Gasteiger partial charge in [0.05, 0.1) is 17.7 Å². The van der Waals surface area contributed by atoms with Gasteiger partial charge in [0.1, 0.15) is 11.6 Å². The molecule has 4 N–H and O–H groups in total. The van der Waals surface area contributed by atoms with Gasteiger partial charge in [0.25, 0.3) is 0 Å². The van der Waals surface area contributed by atoms with Gasteiger partial charge in [0, 0.05) is 23.0 Å². The first-order valence-corrected chi connectivity index (χ1v) is 9.82. The number of nitrogens with two attached hydrogens (primary N) is 1. The molecule has 1 aromatic heterocycles. The Morgan fingerprint density at radius 3 is 2.50 bits per heavy atom. The number of ether oxygens (including phenoxy) is 1. The maximum atomic E-state index is 12.6. The summed E-state index contributed by atoms with van der Waals surface area (Å²) in [5.74, 6) is 0.553. The molecule has 1 unspecified atom stereocenters. The van der Waals surface area contributed by atoms with Crippen molar-refractivity contribution in [3.8, 4) is 5.75 Å². The highest BCUT2D eigenvalue weighted by molar-refractivity contribution is 6.14. The molecular weight excluding hydrogens is 376 g/mol. The number of aromatic nitrogens is 1. The second-order valence-electron chi connectivity index (χ2n) is 7.34. The average molecular weight is 402 g/mol. The summed E-state index contributed by atoms with van der Waals surface area (Å²) in [6.07, 6.45) is 1.59. The van der Waals surface area contributed by atoms with Crippen LogP contribution in [-0.4, -0.2) is 22.7 Å². The van der Waals surface area contributed by atoms with Gasteiger partial charge in [-0.15, -0.1) is 0 Å². The van der Waals surface area contributed by atoms with E-state index in [2.05, 4.69) is 10.3 Å². The predicted octanol–water partition coefficient (Wildman–Crippen LogP) is 4.61. The molecule has 0 saturated carbocycles. The quantitative estimate of drug-likeness (QED) is 0.397. The number of rotatable bonds is 7. The lowest BCUT2D eigenvalue weighted by atomic mass is 10.00. The third kappa shape index (κ3) is 5.03. The van der Waals surface area contributed by atoms with E-state index < -0.39 is 0 Å². The number of nitrogen functional groups attached to an aromatic ring is 1. The second-order valence-corrected chi connectivity index (χ2v) is 7.34. The highest BCUT2D eigenvalue weighted by Gasteiger charge is 2.17. The first-order valence-electron chi connectivity index (χ1n) is 9.82. The zero-order valence-electron chi connectivity index (χ0n) is 17.3. The van der Waals surface area contributed by atoms with Crippen molar-refractivity contribution < 1.29 is 9.53 Å². The number of amides is 1. The number of pyridine rings is 1. The molecule has 3 rings (SSSR count). The number of hydrogen-bond donors (Lipinski definition) is 3. The Balaban J connectivity index is 1.80. The van der Waals surface area contributed by atoms with E-state index in [0.29, 0.717) is 28.4 Å². The van der Waals surface area contributed by atoms with Gasteiger partial charge in [-0.3, -0.25) is 10.2 Å². The zero-order valence-corrected chi connectivity index (χ0v) is 17.3. The molecule has 0 aliphatic rings. The van der Waals surface area contributed by atoms with Crippen molar-refractivity contribution >= 4 is 23.1 Å². The summed E-state index contributed by atoms with van der Waals surface area (Å²) in [6, 6.07) is 18.2. The molecular formula is C24H26N4O2. The third-order valence-electron chi connectivity index (χ3n) is 4.66. The summed E-state index contributed by atoms with van der Waals surface area (Å²) in [4.78, 5) is 16.9. The van der Waals surface area contributed by atoms with Gasteiger partial charge in [0.15, 0.2) is 0 Å². The molecule has 3 aromatic rings. The van der Waals surface area contributed by atoms with Gasteiger partial charge in [-0.1, -0.05) is 30.3 Å². The first kappa shape index (κ1) is 21.0. The van der Waals surface area contributed by atoms with Crippen LogP contribution in [0.2, 0.25) is 0 Å².